The summed E-state index contributed by atoms with van der Waals surface area (Å²) in [6, 6.07) is 15.7. The second kappa shape index (κ2) is 5.89. The second-order valence-electron chi connectivity index (χ2n) is 8.52. The van der Waals surface area contributed by atoms with E-state index < -0.39 is 7.38 Å². The second-order valence-corrected chi connectivity index (χ2v) is 15.2. The van der Waals surface area contributed by atoms with Gasteiger partial charge in [0.1, 0.15) is 0 Å². The van der Waals surface area contributed by atoms with Crippen LogP contribution in [-0.2, 0) is 5.41 Å². The molecule has 1 aliphatic rings. The Balaban J connectivity index is 2.11. The van der Waals surface area contributed by atoms with Gasteiger partial charge in [-0.25, -0.2) is 0 Å². The Morgan fingerprint density at radius 1 is 0.958 bits per heavy atom. The lowest BCUT2D eigenvalue weighted by molar-refractivity contribution is 0.590. The number of hydrogen-bond donors (Lipinski definition) is 0. The number of halogens is 1. The number of benzene rings is 2. The van der Waals surface area contributed by atoms with Crippen LogP contribution < -0.4 is 0 Å². The van der Waals surface area contributed by atoms with Crippen LogP contribution in [0.5, 0.6) is 0 Å². The van der Waals surface area contributed by atoms with E-state index in [0.717, 1.165) is 0 Å². The molecule has 2 aromatic carbocycles. The first-order valence-electron chi connectivity index (χ1n) is 8.70. The maximum Gasteiger partial charge on any atom is 0.161 e. The summed E-state index contributed by atoms with van der Waals surface area (Å²) < 4.78 is 0. The standard InChI is InChI=1S/C22H27ClSi/c1-15-14-17-8-7-9-19(20(17)21(15)24(5,6)23)16-10-12-18(13-11-16)22(2,3)4/h7-14,21H,1-6H3. The highest BCUT2D eigenvalue weighted by atomic mass is 35.6. The van der Waals surface area contributed by atoms with Crippen molar-refractivity contribution in [3.8, 4) is 11.1 Å². The van der Waals surface area contributed by atoms with Gasteiger partial charge in [0.2, 0.25) is 0 Å². The monoisotopic (exact) mass is 354 g/mol. The molecule has 1 aliphatic carbocycles. The molecular formula is C22H27ClSi. The fourth-order valence-corrected chi connectivity index (χ4v) is 6.89. The summed E-state index contributed by atoms with van der Waals surface area (Å²) in [5, 5.41) is 0. The molecule has 0 N–H and O–H groups in total. The third-order valence-electron chi connectivity index (χ3n) is 5.02. The Kier molecular flexibility index (Phi) is 4.30. The Hall–Kier alpha value is -1.31. The first-order chi connectivity index (χ1) is 11.1. The fourth-order valence-electron chi connectivity index (χ4n) is 3.87. The molecule has 0 nitrogen and oxygen atoms in total. The van der Waals surface area contributed by atoms with E-state index in [2.05, 4.69) is 89.3 Å². The van der Waals surface area contributed by atoms with Crippen LogP contribution in [0, 0.1) is 0 Å². The van der Waals surface area contributed by atoms with Gasteiger partial charge in [-0.15, -0.1) is 0 Å². The molecular weight excluding hydrogens is 328 g/mol. The quantitative estimate of drug-likeness (QED) is 0.397. The summed E-state index contributed by atoms with van der Waals surface area (Å²) in [6.45, 7) is 13.5. The van der Waals surface area contributed by atoms with Gasteiger partial charge < -0.3 is 0 Å². The van der Waals surface area contributed by atoms with Crippen molar-refractivity contribution in [2.45, 2.75) is 51.7 Å². The van der Waals surface area contributed by atoms with E-state index in [9.17, 15) is 0 Å². The van der Waals surface area contributed by atoms with Crippen LogP contribution in [0.2, 0.25) is 13.1 Å². The first-order valence-corrected chi connectivity index (χ1v) is 12.8. The average Bonchev–Trinajstić information content (AvgIpc) is 2.82. The average molecular weight is 355 g/mol. The van der Waals surface area contributed by atoms with Gasteiger partial charge in [0.15, 0.2) is 7.38 Å². The van der Waals surface area contributed by atoms with Gasteiger partial charge in [-0.2, -0.15) is 11.1 Å². The van der Waals surface area contributed by atoms with Gasteiger partial charge in [-0.3, -0.25) is 0 Å². The van der Waals surface area contributed by atoms with Crippen LogP contribution in [0.15, 0.2) is 48.0 Å². The van der Waals surface area contributed by atoms with Crippen LogP contribution in [0.1, 0.15) is 49.9 Å². The Bertz CT molecular complexity index is 786. The lowest BCUT2D eigenvalue weighted by Crippen LogP contribution is -2.28. The van der Waals surface area contributed by atoms with E-state index in [1.54, 1.807) is 0 Å². The van der Waals surface area contributed by atoms with E-state index in [1.807, 2.05) is 0 Å². The molecule has 2 aromatic rings. The maximum atomic E-state index is 6.90. The Labute approximate surface area is 152 Å². The zero-order valence-corrected chi connectivity index (χ0v) is 17.3. The van der Waals surface area contributed by atoms with Crippen LogP contribution in [0.4, 0.5) is 0 Å². The number of allylic oxidation sites excluding steroid dienone is 1. The zero-order chi connectivity index (χ0) is 17.7. The minimum absolute atomic E-state index is 0.183. The number of fused-ring (bicyclic) bond motifs is 1. The van der Waals surface area contributed by atoms with Gasteiger partial charge in [-0.05, 0) is 40.2 Å². The molecule has 2 heteroatoms. The third kappa shape index (κ3) is 3.12. The van der Waals surface area contributed by atoms with Gasteiger partial charge >= 0.3 is 0 Å². The predicted octanol–water partition coefficient (Wildman–Crippen LogP) is 7.13. The minimum atomic E-state index is -1.84. The normalized spacial score (nSPS) is 17.6. The highest BCUT2D eigenvalue weighted by molar-refractivity contribution is 7.20. The maximum absolute atomic E-state index is 6.90. The zero-order valence-electron chi connectivity index (χ0n) is 15.6. The van der Waals surface area contributed by atoms with Crippen molar-refractivity contribution in [3.63, 3.8) is 0 Å². The molecule has 1 unspecified atom stereocenters. The van der Waals surface area contributed by atoms with E-state index in [1.165, 1.54) is 33.4 Å². The topological polar surface area (TPSA) is 0 Å². The Morgan fingerprint density at radius 3 is 2.12 bits per heavy atom. The number of hydrogen-bond acceptors (Lipinski definition) is 0. The van der Waals surface area contributed by atoms with Crippen LogP contribution in [0.25, 0.3) is 17.2 Å². The largest absolute Gasteiger partial charge is 0.167 e. The smallest absolute Gasteiger partial charge is 0.161 e. The molecule has 0 saturated heterocycles. The van der Waals surface area contributed by atoms with E-state index in [0.29, 0.717) is 5.54 Å². The molecule has 24 heavy (non-hydrogen) atoms. The van der Waals surface area contributed by atoms with Crippen LogP contribution >= 0.6 is 11.1 Å². The number of rotatable bonds is 2. The summed E-state index contributed by atoms with van der Waals surface area (Å²) in [5.74, 6) is 0. The van der Waals surface area contributed by atoms with E-state index in [-0.39, 0.29) is 5.41 Å². The van der Waals surface area contributed by atoms with Crippen molar-refractivity contribution >= 4 is 24.5 Å². The van der Waals surface area contributed by atoms with Gasteiger partial charge in [0, 0.05) is 5.54 Å². The molecule has 0 aromatic heterocycles. The van der Waals surface area contributed by atoms with Gasteiger partial charge in [0.25, 0.3) is 0 Å². The molecule has 0 bridgehead atoms. The van der Waals surface area contributed by atoms with Crippen molar-refractivity contribution in [2.24, 2.45) is 0 Å². The van der Waals surface area contributed by atoms with Crippen molar-refractivity contribution in [1.82, 2.24) is 0 Å². The molecule has 0 fully saturated rings. The van der Waals surface area contributed by atoms with Crippen molar-refractivity contribution < 1.29 is 0 Å². The Morgan fingerprint density at radius 2 is 1.58 bits per heavy atom. The molecule has 0 radical (unpaired) electrons. The van der Waals surface area contributed by atoms with E-state index in [4.69, 9.17) is 11.1 Å². The highest BCUT2D eigenvalue weighted by Gasteiger charge is 2.38. The fraction of sp³-hybridized carbons (Fsp3) is 0.364. The molecule has 3 rings (SSSR count). The van der Waals surface area contributed by atoms with Crippen LogP contribution in [-0.4, -0.2) is 7.38 Å². The summed E-state index contributed by atoms with van der Waals surface area (Å²) in [5.41, 5.74) is 8.78. The molecule has 0 spiro atoms. The molecule has 0 heterocycles. The molecule has 126 valence electrons. The predicted molar refractivity (Wildman–Crippen MR) is 110 cm³/mol. The summed E-state index contributed by atoms with van der Waals surface area (Å²) >= 11 is 6.90. The SMILES string of the molecule is CC1=Cc2cccc(-c3ccc(C(C)(C)C)cc3)c2C1[Si](C)(C)Cl. The molecule has 0 aliphatic heterocycles. The van der Waals surface area contributed by atoms with Crippen LogP contribution in [0.3, 0.4) is 0 Å². The van der Waals surface area contributed by atoms with Gasteiger partial charge in [-0.1, -0.05) is 88.0 Å². The molecule has 0 saturated carbocycles. The summed E-state index contributed by atoms with van der Waals surface area (Å²) in [4.78, 5) is 0. The minimum Gasteiger partial charge on any atom is -0.167 e. The van der Waals surface area contributed by atoms with Crippen molar-refractivity contribution in [2.75, 3.05) is 0 Å². The third-order valence-corrected chi connectivity index (χ3v) is 7.79. The lowest BCUT2D eigenvalue weighted by atomic mass is 9.85. The first kappa shape index (κ1) is 17.5. The van der Waals surface area contributed by atoms with E-state index >= 15 is 0 Å². The summed E-state index contributed by atoms with van der Waals surface area (Å²) in [6.07, 6.45) is 2.32. The van der Waals surface area contributed by atoms with Gasteiger partial charge in [0.05, 0.1) is 0 Å². The summed E-state index contributed by atoms with van der Waals surface area (Å²) in [7, 11) is -1.84. The lowest BCUT2D eigenvalue weighted by Gasteiger charge is -2.27. The molecule has 0 amide bonds. The molecule has 1 atom stereocenters. The highest BCUT2D eigenvalue weighted by Crippen LogP contribution is 2.47. The van der Waals surface area contributed by atoms with Crippen molar-refractivity contribution in [3.05, 3.63) is 64.7 Å². The van der Waals surface area contributed by atoms with Crippen molar-refractivity contribution in [1.29, 1.82) is 0 Å².